The lowest BCUT2D eigenvalue weighted by molar-refractivity contribution is 0.101. The second-order valence-electron chi connectivity index (χ2n) is 8.26. The number of hydrogen-bond donors (Lipinski definition) is 1. The highest BCUT2D eigenvalue weighted by molar-refractivity contribution is 7.20. The lowest BCUT2D eigenvalue weighted by atomic mass is 9.95. The first-order valence-corrected chi connectivity index (χ1v) is 11.3. The highest BCUT2D eigenvalue weighted by atomic mass is 32.1. The summed E-state index contributed by atoms with van der Waals surface area (Å²) in [4.78, 5) is 42.5. The Balaban J connectivity index is 1.74. The zero-order valence-electron chi connectivity index (χ0n) is 17.8. The van der Waals surface area contributed by atoms with E-state index in [9.17, 15) is 9.59 Å². The maximum absolute atomic E-state index is 13.0. The summed E-state index contributed by atoms with van der Waals surface area (Å²) in [6, 6.07) is 1.84. The summed E-state index contributed by atoms with van der Waals surface area (Å²) in [6.45, 7) is 12.0. The van der Waals surface area contributed by atoms with Gasteiger partial charge in [-0.15, -0.1) is 22.7 Å². The predicted octanol–water partition coefficient (Wildman–Crippen LogP) is 4.32. The average Bonchev–Trinajstić information content (AvgIpc) is 3.25. The molecule has 7 nitrogen and oxygen atoms in total. The van der Waals surface area contributed by atoms with Crippen molar-refractivity contribution in [2.45, 2.75) is 53.4 Å². The topological polar surface area (TPSA) is 89.8 Å². The van der Waals surface area contributed by atoms with Crippen molar-refractivity contribution in [3.8, 4) is 0 Å². The molecule has 0 unspecified atom stereocenters. The molecule has 156 valence electrons. The van der Waals surface area contributed by atoms with Crippen LogP contribution in [0.3, 0.4) is 0 Å². The van der Waals surface area contributed by atoms with Crippen LogP contribution in [0, 0.1) is 13.8 Å². The lowest BCUT2D eigenvalue weighted by Gasteiger charge is -2.16. The number of nitrogens with one attached hydrogen (secondary N) is 1. The quantitative estimate of drug-likeness (QED) is 0.511. The van der Waals surface area contributed by atoms with Gasteiger partial charge in [0.2, 0.25) is 0 Å². The third kappa shape index (κ3) is 3.41. The Hall–Kier alpha value is -2.65. The van der Waals surface area contributed by atoms with Gasteiger partial charge in [0, 0.05) is 15.7 Å². The van der Waals surface area contributed by atoms with Crippen molar-refractivity contribution in [3.05, 3.63) is 49.6 Å². The van der Waals surface area contributed by atoms with Gasteiger partial charge in [-0.25, -0.2) is 19.6 Å². The molecule has 4 heterocycles. The fourth-order valence-corrected chi connectivity index (χ4v) is 5.33. The molecule has 4 aromatic rings. The normalized spacial score (nSPS) is 12.1. The van der Waals surface area contributed by atoms with Crippen LogP contribution < -0.4 is 11.0 Å². The van der Waals surface area contributed by atoms with Crippen LogP contribution >= 0.6 is 22.7 Å². The predicted molar refractivity (Wildman–Crippen MR) is 123 cm³/mol. The molecule has 30 heavy (non-hydrogen) atoms. The number of aryl methyl sites for hydroxylation is 3. The van der Waals surface area contributed by atoms with Gasteiger partial charge < -0.3 is 0 Å². The Bertz CT molecular complexity index is 1360. The van der Waals surface area contributed by atoms with E-state index in [-0.39, 0.29) is 16.9 Å². The Morgan fingerprint density at radius 2 is 1.90 bits per heavy atom. The molecule has 0 fully saturated rings. The van der Waals surface area contributed by atoms with Crippen molar-refractivity contribution < 1.29 is 4.79 Å². The van der Waals surface area contributed by atoms with E-state index in [0.29, 0.717) is 15.1 Å². The van der Waals surface area contributed by atoms with Crippen LogP contribution in [-0.2, 0) is 11.8 Å². The molecule has 0 spiro atoms. The van der Waals surface area contributed by atoms with E-state index in [0.717, 1.165) is 43.3 Å². The second kappa shape index (κ2) is 7.24. The molecule has 4 rings (SSSR count). The number of hydrogen-bond acceptors (Lipinski definition) is 7. The molecule has 1 amide bonds. The first kappa shape index (κ1) is 20.6. The molecular weight excluding hydrogens is 418 g/mol. The minimum atomic E-state index is -0.360. The standard InChI is InChI=1S/C21H23N5O2S2/c1-7-12-8-13-17(29-12)22-9-26(19(13)28)25-16(27)15-10(2)14-11(3)23-20(21(4,5)6)24-18(14)30-15/h8-9H,7H2,1-6H3,(H,25,27). The minimum absolute atomic E-state index is 0.189. The van der Waals surface area contributed by atoms with E-state index in [1.54, 1.807) is 0 Å². The Kier molecular flexibility index (Phi) is 4.98. The van der Waals surface area contributed by atoms with Crippen LogP contribution in [0.15, 0.2) is 17.2 Å². The molecule has 9 heteroatoms. The van der Waals surface area contributed by atoms with E-state index in [4.69, 9.17) is 4.98 Å². The molecule has 0 bridgehead atoms. The maximum Gasteiger partial charge on any atom is 0.280 e. The Morgan fingerprint density at radius 3 is 2.57 bits per heavy atom. The van der Waals surface area contributed by atoms with Gasteiger partial charge in [0.25, 0.3) is 11.5 Å². The smallest absolute Gasteiger partial charge is 0.267 e. The molecule has 4 aromatic heterocycles. The van der Waals surface area contributed by atoms with E-state index in [2.05, 4.69) is 36.2 Å². The second-order valence-corrected chi connectivity index (χ2v) is 10.4. The SMILES string of the molecule is CCc1cc2c(=O)n(NC(=O)c3sc4nc(C(C)(C)C)nc(C)c4c3C)cnc2s1. The van der Waals surface area contributed by atoms with Crippen molar-refractivity contribution >= 4 is 49.0 Å². The zero-order chi connectivity index (χ0) is 21.8. The third-order valence-corrected chi connectivity index (χ3v) is 7.29. The minimum Gasteiger partial charge on any atom is -0.267 e. The summed E-state index contributed by atoms with van der Waals surface area (Å²) in [6.07, 6.45) is 2.20. The van der Waals surface area contributed by atoms with E-state index in [1.165, 1.54) is 29.0 Å². The monoisotopic (exact) mass is 441 g/mol. The van der Waals surface area contributed by atoms with Gasteiger partial charge in [-0.05, 0) is 31.9 Å². The zero-order valence-corrected chi connectivity index (χ0v) is 19.4. The first-order valence-electron chi connectivity index (χ1n) is 9.69. The molecule has 0 saturated carbocycles. The number of carbonyl (C=O) groups excluding carboxylic acids is 1. The molecule has 1 N–H and O–H groups in total. The fraction of sp³-hybridized carbons (Fsp3) is 0.381. The Morgan fingerprint density at radius 1 is 1.17 bits per heavy atom. The number of aromatic nitrogens is 4. The molecular formula is C21H23N5O2S2. The molecule has 0 aliphatic rings. The van der Waals surface area contributed by atoms with Crippen molar-refractivity contribution in [1.82, 2.24) is 19.6 Å². The highest BCUT2D eigenvalue weighted by Gasteiger charge is 2.24. The number of nitrogens with zero attached hydrogens (tertiary/aromatic N) is 4. The van der Waals surface area contributed by atoms with Gasteiger partial charge in [-0.1, -0.05) is 27.7 Å². The van der Waals surface area contributed by atoms with Crippen LogP contribution in [0.2, 0.25) is 0 Å². The van der Waals surface area contributed by atoms with Crippen LogP contribution in [0.25, 0.3) is 20.4 Å². The maximum atomic E-state index is 13.0. The van der Waals surface area contributed by atoms with Crippen LogP contribution in [0.4, 0.5) is 0 Å². The molecule has 0 radical (unpaired) electrons. The van der Waals surface area contributed by atoms with Gasteiger partial charge in [0.15, 0.2) is 0 Å². The van der Waals surface area contributed by atoms with Crippen LogP contribution in [0.5, 0.6) is 0 Å². The number of amides is 1. The number of carbonyl (C=O) groups is 1. The molecule has 0 atom stereocenters. The van der Waals surface area contributed by atoms with E-state index >= 15 is 0 Å². The molecule has 0 aliphatic carbocycles. The van der Waals surface area contributed by atoms with E-state index < -0.39 is 0 Å². The van der Waals surface area contributed by atoms with Crippen molar-refractivity contribution in [3.63, 3.8) is 0 Å². The lowest BCUT2D eigenvalue weighted by Crippen LogP contribution is -2.32. The summed E-state index contributed by atoms with van der Waals surface area (Å²) >= 11 is 2.81. The van der Waals surface area contributed by atoms with Crippen molar-refractivity contribution in [2.75, 3.05) is 5.43 Å². The third-order valence-electron chi connectivity index (χ3n) is 4.92. The fourth-order valence-electron chi connectivity index (χ4n) is 3.28. The number of rotatable bonds is 3. The Labute approximate surface area is 181 Å². The summed E-state index contributed by atoms with van der Waals surface area (Å²) < 4.78 is 1.15. The summed E-state index contributed by atoms with van der Waals surface area (Å²) in [5.74, 6) is 0.386. The average molecular weight is 442 g/mol. The van der Waals surface area contributed by atoms with Gasteiger partial charge >= 0.3 is 0 Å². The largest absolute Gasteiger partial charge is 0.280 e. The van der Waals surface area contributed by atoms with Crippen molar-refractivity contribution in [2.24, 2.45) is 0 Å². The first-order chi connectivity index (χ1) is 14.1. The van der Waals surface area contributed by atoms with E-state index in [1.807, 2.05) is 26.8 Å². The number of thiophene rings is 2. The van der Waals surface area contributed by atoms with Gasteiger partial charge in [0.1, 0.15) is 21.8 Å². The van der Waals surface area contributed by atoms with Crippen LogP contribution in [0.1, 0.15) is 59.3 Å². The number of fused-ring (bicyclic) bond motifs is 2. The summed E-state index contributed by atoms with van der Waals surface area (Å²) in [7, 11) is 0. The van der Waals surface area contributed by atoms with Gasteiger partial charge in [-0.2, -0.15) is 0 Å². The summed E-state index contributed by atoms with van der Waals surface area (Å²) in [5.41, 5.74) is 3.88. The van der Waals surface area contributed by atoms with Crippen molar-refractivity contribution in [1.29, 1.82) is 0 Å². The molecule has 0 saturated heterocycles. The van der Waals surface area contributed by atoms with Gasteiger partial charge in [0.05, 0.1) is 16.0 Å². The van der Waals surface area contributed by atoms with Gasteiger partial charge in [-0.3, -0.25) is 15.0 Å². The summed E-state index contributed by atoms with van der Waals surface area (Å²) in [5, 5.41) is 1.41. The van der Waals surface area contributed by atoms with Crippen LogP contribution in [-0.4, -0.2) is 25.5 Å². The molecule has 0 aromatic carbocycles. The molecule has 0 aliphatic heterocycles. The highest BCUT2D eigenvalue weighted by Crippen LogP contribution is 2.33.